The first-order valence-electron chi connectivity index (χ1n) is 13.2. The van der Waals surface area contributed by atoms with Crippen molar-refractivity contribution in [2.75, 3.05) is 13.7 Å². The predicted molar refractivity (Wildman–Crippen MR) is 147 cm³/mol. The summed E-state index contributed by atoms with van der Waals surface area (Å²) in [6, 6.07) is 3.84. The van der Waals surface area contributed by atoms with Crippen LogP contribution in [0.5, 0.6) is 5.75 Å². The van der Waals surface area contributed by atoms with Crippen molar-refractivity contribution >= 4 is 30.7 Å². The number of rotatable bonds is 7. The fourth-order valence-electron chi connectivity index (χ4n) is 3.76. The molecule has 0 aliphatic carbocycles. The van der Waals surface area contributed by atoms with Gasteiger partial charge >= 0.3 is 25.3 Å². The van der Waals surface area contributed by atoms with Gasteiger partial charge in [-0.1, -0.05) is 6.07 Å². The van der Waals surface area contributed by atoms with Gasteiger partial charge in [-0.3, -0.25) is 0 Å². The number of imide groups is 1. The molecule has 1 heterocycles. The van der Waals surface area contributed by atoms with E-state index < -0.39 is 53.7 Å². The molecular formula is C28H44BNO9. The van der Waals surface area contributed by atoms with Crippen molar-refractivity contribution in [1.29, 1.82) is 0 Å². The Morgan fingerprint density at radius 1 is 0.923 bits per heavy atom. The van der Waals surface area contributed by atoms with Crippen LogP contribution in [0.2, 0.25) is 0 Å². The number of ether oxygens (including phenoxy) is 4. The van der Waals surface area contributed by atoms with Crippen molar-refractivity contribution in [3.8, 4) is 5.75 Å². The first-order chi connectivity index (χ1) is 17.7. The Bertz CT molecular complexity index is 1010. The molecule has 1 saturated heterocycles. The number of nitrogens with zero attached hydrogens (tertiary/aromatic N) is 1. The standard InChI is InChI=1S/C28H44BNO9/c1-13-35-22(31)21(30(23(32)36-25(2,3)4)24(33)37-26(5,6)7)17-18-16-19(34-12)14-15-20(18)29-38-27(8,9)28(10,11)39-29/h14-16,21H,13,17H2,1-12H3/t21-/m0/s1. The second-order valence-electron chi connectivity index (χ2n) is 12.5. The van der Waals surface area contributed by atoms with Crippen LogP contribution in [0.15, 0.2) is 18.2 Å². The summed E-state index contributed by atoms with van der Waals surface area (Å²) in [7, 11) is 0.750. The number of benzene rings is 1. The van der Waals surface area contributed by atoms with Gasteiger partial charge < -0.3 is 28.3 Å². The topological polar surface area (TPSA) is 110 Å². The summed E-state index contributed by atoms with van der Waals surface area (Å²) in [4.78, 5) is 40.8. The first kappa shape index (κ1) is 32.4. The molecule has 1 aliphatic rings. The zero-order valence-electron chi connectivity index (χ0n) is 25.4. The molecular weight excluding hydrogens is 505 g/mol. The fourth-order valence-corrected chi connectivity index (χ4v) is 3.76. The molecule has 1 atom stereocenters. The van der Waals surface area contributed by atoms with E-state index in [2.05, 4.69) is 0 Å². The molecule has 1 fully saturated rings. The molecule has 0 N–H and O–H groups in total. The van der Waals surface area contributed by atoms with Gasteiger partial charge in [0.25, 0.3) is 0 Å². The van der Waals surface area contributed by atoms with Crippen molar-refractivity contribution in [3.05, 3.63) is 23.8 Å². The van der Waals surface area contributed by atoms with Crippen LogP contribution in [0.3, 0.4) is 0 Å². The summed E-state index contributed by atoms with van der Waals surface area (Å²) in [6.07, 6.45) is -2.20. The molecule has 0 aromatic heterocycles. The maximum atomic E-state index is 13.4. The predicted octanol–water partition coefficient (Wildman–Crippen LogP) is 4.64. The lowest BCUT2D eigenvalue weighted by Crippen LogP contribution is -2.54. The second kappa shape index (κ2) is 11.8. The molecule has 1 aromatic rings. The van der Waals surface area contributed by atoms with Crippen LogP contribution in [0.4, 0.5) is 9.59 Å². The lowest BCUT2D eigenvalue weighted by molar-refractivity contribution is -0.149. The summed E-state index contributed by atoms with van der Waals surface area (Å²) in [5.74, 6) is -0.286. The van der Waals surface area contributed by atoms with Crippen LogP contribution in [0.25, 0.3) is 0 Å². The molecule has 2 rings (SSSR count). The largest absolute Gasteiger partial charge is 0.497 e. The lowest BCUT2D eigenvalue weighted by atomic mass is 9.74. The molecule has 11 heteroatoms. The quantitative estimate of drug-likeness (QED) is 0.273. The summed E-state index contributed by atoms with van der Waals surface area (Å²) in [5, 5.41) is 0. The van der Waals surface area contributed by atoms with E-state index in [9.17, 15) is 14.4 Å². The minimum atomic E-state index is -1.41. The molecule has 0 radical (unpaired) electrons. The summed E-state index contributed by atoms with van der Waals surface area (Å²) < 4.78 is 34.3. The van der Waals surface area contributed by atoms with Gasteiger partial charge in [0.2, 0.25) is 0 Å². The van der Waals surface area contributed by atoms with E-state index >= 15 is 0 Å². The highest BCUT2D eigenvalue weighted by Gasteiger charge is 2.52. The highest BCUT2D eigenvalue weighted by molar-refractivity contribution is 6.62. The third kappa shape index (κ3) is 8.35. The van der Waals surface area contributed by atoms with Crippen molar-refractivity contribution in [1.82, 2.24) is 4.90 Å². The van der Waals surface area contributed by atoms with E-state index in [0.717, 1.165) is 0 Å². The average Bonchev–Trinajstić information content (AvgIpc) is 2.97. The Morgan fingerprint density at radius 3 is 1.82 bits per heavy atom. The zero-order valence-corrected chi connectivity index (χ0v) is 25.4. The van der Waals surface area contributed by atoms with E-state index in [1.54, 1.807) is 66.7 Å². The smallest absolute Gasteiger partial charge is 0.495 e. The number of esters is 1. The van der Waals surface area contributed by atoms with Gasteiger partial charge in [0.15, 0.2) is 0 Å². The normalized spacial score (nSPS) is 17.3. The maximum absolute atomic E-state index is 13.4. The van der Waals surface area contributed by atoms with Crippen LogP contribution in [-0.4, -0.2) is 72.3 Å². The lowest BCUT2D eigenvalue weighted by Gasteiger charge is -2.32. The molecule has 2 amide bonds. The minimum absolute atomic E-state index is 0.0357. The summed E-state index contributed by atoms with van der Waals surface area (Å²) in [6.45, 7) is 19.4. The minimum Gasteiger partial charge on any atom is -0.497 e. The number of amides is 2. The monoisotopic (exact) mass is 549 g/mol. The highest BCUT2D eigenvalue weighted by Crippen LogP contribution is 2.37. The van der Waals surface area contributed by atoms with E-state index in [0.29, 0.717) is 21.7 Å². The first-order valence-corrected chi connectivity index (χ1v) is 13.2. The molecule has 218 valence electrons. The highest BCUT2D eigenvalue weighted by atomic mass is 16.7. The van der Waals surface area contributed by atoms with Gasteiger partial charge in [0, 0.05) is 6.42 Å². The van der Waals surface area contributed by atoms with Crippen LogP contribution in [-0.2, 0) is 34.7 Å². The molecule has 1 aromatic carbocycles. The molecule has 39 heavy (non-hydrogen) atoms. The fraction of sp³-hybridized carbons (Fsp3) is 0.679. The van der Waals surface area contributed by atoms with Gasteiger partial charge in [-0.2, -0.15) is 4.90 Å². The molecule has 0 spiro atoms. The Hall–Kier alpha value is -2.79. The average molecular weight is 549 g/mol. The number of carbonyl (C=O) groups excluding carboxylic acids is 3. The van der Waals surface area contributed by atoms with Crippen molar-refractivity contribution in [3.63, 3.8) is 0 Å². The third-order valence-electron chi connectivity index (χ3n) is 6.32. The Balaban J connectivity index is 2.64. The summed E-state index contributed by atoms with van der Waals surface area (Å²) in [5.41, 5.74) is -1.94. The molecule has 0 saturated carbocycles. The van der Waals surface area contributed by atoms with Crippen LogP contribution in [0.1, 0.15) is 81.7 Å². The number of carbonyl (C=O) groups is 3. The molecule has 1 aliphatic heterocycles. The molecule has 10 nitrogen and oxygen atoms in total. The zero-order chi connectivity index (χ0) is 30.0. The number of hydrogen-bond acceptors (Lipinski definition) is 9. The van der Waals surface area contributed by atoms with E-state index in [-0.39, 0.29) is 13.0 Å². The molecule has 0 bridgehead atoms. The van der Waals surface area contributed by atoms with E-state index in [1.807, 2.05) is 27.7 Å². The third-order valence-corrected chi connectivity index (χ3v) is 6.32. The Kier molecular flexibility index (Phi) is 9.78. The van der Waals surface area contributed by atoms with Crippen LogP contribution < -0.4 is 10.2 Å². The van der Waals surface area contributed by atoms with Crippen LogP contribution >= 0.6 is 0 Å². The number of methoxy groups -OCH3 is 1. The van der Waals surface area contributed by atoms with Crippen molar-refractivity contribution in [2.45, 2.75) is 111 Å². The van der Waals surface area contributed by atoms with E-state index in [4.69, 9.17) is 28.3 Å². The van der Waals surface area contributed by atoms with Gasteiger partial charge in [0.05, 0.1) is 24.9 Å². The summed E-state index contributed by atoms with van der Waals surface area (Å²) >= 11 is 0. The van der Waals surface area contributed by atoms with Gasteiger partial charge in [0.1, 0.15) is 23.0 Å². The van der Waals surface area contributed by atoms with Crippen LogP contribution in [0, 0.1) is 0 Å². The van der Waals surface area contributed by atoms with Gasteiger partial charge in [-0.25, -0.2) is 14.4 Å². The maximum Gasteiger partial charge on any atom is 0.495 e. The molecule has 0 unspecified atom stereocenters. The SMILES string of the molecule is CCOC(=O)[C@H](Cc1cc(OC)ccc1B1OC(C)(C)C(C)(C)O1)N(C(=O)OC(C)(C)C)C(=O)OC(C)(C)C. The second-order valence-corrected chi connectivity index (χ2v) is 12.5. The number of hydrogen-bond donors (Lipinski definition) is 0. The Labute approximate surface area is 232 Å². The van der Waals surface area contributed by atoms with Gasteiger partial charge in [-0.05, 0) is 99.3 Å². The van der Waals surface area contributed by atoms with Gasteiger partial charge in [-0.15, -0.1) is 0 Å². The van der Waals surface area contributed by atoms with E-state index in [1.165, 1.54) is 7.11 Å². The Morgan fingerprint density at radius 2 is 1.41 bits per heavy atom. The van der Waals surface area contributed by atoms with Crippen molar-refractivity contribution < 1.29 is 42.6 Å². The van der Waals surface area contributed by atoms with Crippen molar-refractivity contribution in [2.24, 2.45) is 0 Å².